The standard InChI is InChI=1S/C17H22FN3/c1-4-19-11-15-16(18)9-6-10-17(15)21(3)12-14-8-5-7-13(2)20-14/h5-10,19H,4,11-12H2,1-3H3. The van der Waals surface area contributed by atoms with Gasteiger partial charge in [-0.3, -0.25) is 4.98 Å². The highest BCUT2D eigenvalue weighted by atomic mass is 19.1. The first-order chi connectivity index (χ1) is 10.1. The fraction of sp³-hybridized carbons (Fsp3) is 0.353. The van der Waals surface area contributed by atoms with Crippen molar-refractivity contribution in [3.8, 4) is 0 Å². The minimum atomic E-state index is -0.169. The molecule has 1 aromatic carbocycles. The van der Waals surface area contributed by atoms with E-state index in [9.17, 15) is 4.39 Å². The van der Waals surface area contributed by atoms with Crippen molar-refractivity contribution in [2.45, 2.75) is 26.9 Å². The molecule has 2 aromatic rings. The van der Waals surface area contributed by atoms with E-state index in [-0.39, 0.29) is 5.82 Å². The number of halogens is 1. The van der Waals surface area contributed by atoms with Crippen LogP contribution in [-0.4, -0.2) is 18.6 Å². The Kier molecular flexibility index (Phi) is 5.28. The summed E-state index contributed by atoms with van der Waals surface area (Å²) >= 11 is 0. The smallest absolute Gasteiger partial charge is 0.129 e. The molecular weight excluding hydrogens is 265 g/mol. The van der Waals surface area contributed by atoms with Crippen molar-refractivity contribution in [2.75, 3.05) is 18.5 Å². The van der Waals surface area contributed by atoms with E-state index in [4.69, 9.17) is 0 Å². The second-order valence-corrected chi connectivity index (χ2v) is 5.14. The van der Waals surface area contributed by atoms with Gasteiger partial charge in [0.15, 0.2) is 0 Å². The van der Waals surface area contributed by atoms with Gasteiger partial charge in [-0.2, -0.15) is 0 Å². The molecule has 0 aliphatic heterocycles. The first-order valence-electron chi connectivity index (χ1n) is 7.23. The fourth-order valence-corrected chi connectivity index (χ4v) is 2.35. The maximum atomic E-state index is 14.1. The predicted octanol–water partition coefficient (Wildman–Crippen LogP) is 3.28. The van der Waals surface area contributed by atoms with Crippen molar-refractivity contribution in [1.82, 2.24) is 10.3 Å². The molecule has 0 fully saturated rings. The molecule has 0 saturated heterocycles. The third-order valence-corrected chi connectivity index (χ3v) is 3.40. The van der Waals surface area contributed by atoms with Crippen LogP contribution >= 0.6 is 0 Å². The van der Waals surface area contributed by atoms with Gasteiger partial charge in [0.05, 0.1) is 12.2 Å². The average Bonchev–Trinajstić information content (AvgIpc) is 2.45. The van der Waals surface area contributed by atoms with Crippen LogP contribution in [0.4, 0.5) is 10.1 Å². The number of hydrogen-bond acceptors (Lipinski definition) is 3. The minimum absolute atomic E-state index is 0.169. The third kappa shape index (κ3) is 4.02. The normalized spacial score (nSPS) is 10.7. The Labute approximate surface area is 125 Å². The minimum Gasteiger partial charge on any atom is -0.368 e. The number of nitrogens with one attached hydrogen (secondary N) is 1. The van der Waals surface area contributed by atoms with E-state index in [1.54, 1.807) is 6.07 Å². The Balaban J connectivity index is 2.22. The summed E-state index contributed by atoms with van der Waals surface area (Å²) in [6.07, 6.45) is 0. The lowest BCUT2D eigenvalue weighted by Gasteiger charge is -2.23. The lowest BCUT2D eigenvalue weighted by molar-refractivity contribution is 0.592. The van der Waals surface area contributed by atoms with E-state index in [1.807, 2.05) is 50.1 Å². The molecule has 2 rings (SSSR count). The number of nitrogens with zero attached hydrogens (tertiary/aromatic N) is 2. The molecular formula is C17H22FN3. The first-order valence-corrected chi connectivity index (χ1v) is 7.23. The third-order valence-electron chi connectivity index (χ3n) is 3.40. The van der Waals surface area contributed by atoms with Crippen LogP contribution in [0.1, 0.15) is 23.9 Å². The lowest BCUT2D eigenvalue weighted by Crippen LogP contribution is -2.22. The monoisotopic (exact) mass is 287 g/mol. The Hall–Kier alpha value is -1.94. The number of anilines is 1. The molecule has 1 heterocycles. The van der Waals surface area contributed by atoms with E-state index < -0.39 is 0 Å². The van der Waals surface area contributed by atoms with Gasteiger partial charge in [-0.05, 0) is 37.7 Å². The molecule has 0 aliphatic carbocycles. The number of pyridine rings is 1. The zero-order valence-electron chi connectivity index (χ0n) is 12.9. The molecule has 1 aromatic heterocycles. The molecule has 0 saturated carbocycles. The van der Waals surface area contributed by atoms with Crippen LogP contribution in [0.5, 0.6) is 0 Å². The Morgan fingerprint density at radius 2 is 1.95 bits per heavy atom. The number of aryl methyl sites for hydroxylation is 1. The van der Waals surface area contributed by atoms with Crippen molar-refractivity contribution in [3.05, 3.63) is 59.2 Å². The quantitative estimate of drug-likeness (QED) is 0.884. The summed E-state index contributed by atoms with van der Waals surface area (Å²) in [5.41, 5.74) is 3.58. The van der Waals surface area contributed by atoms with Crippen molar-refractivity contribution >= 4 is 5.69 Å². The summed E-state index contributed by atoms with van der Waals surface area (Å²) < 4.78 is 14.1. The van der Waals surface area contributed by atoms with Gasteiger partial charge < -0.3 is 10.2 Å². The van der Waals surface area contributed by atoms with Gasteiger partial charge in [-0.15, -0.1) is 0 Å². The van der Waals surface area contributed by atoms with Crippen LogP contribution in [0.3, 0.4) is 0 Å². The Bertz CT molecular complexity index is 598. The largest absolute Gasteiger partial charge is 0.368 e. The maximum absolute atomic E-state index is 14.1. The molecule has 4 heteroatoms. The van der Waals surface area contributed by atoms with Crippen molar-refractivity contribution < 1.29 is 4.39 Å². The summed E-state index contributed by atoms with van der Waals surface area (Å²) in [7, 11) is 1.97. The molecule has 3 nitrogen and oxygen atoms in total. The van der Waals surface area contributed by atoms with Crippen LogP contribution in [0.15, 0.2) is 36.4 Å². The highest BCUT2D eigenvalue weighted by molar-refractivity contribution is 5.53. The van der Waals surface area contributed by atoms with E-state index in [1.165, 1.54) is 6.07 Å². The summed E-state index contributed by atoms with van der Waals surface area (Å²) in [5, 5.41) is 3.19. The molecule has 21 heavy (non-hydrogen) atoms. The summed E-state index contributed by atoms with van der Waals surface area (Å²) in [6.45, 7) is 5.99. The van der Waals surface area contributed by atoms with Gasteiger partial charge in [0.1, 0.15) is 5.82 Å². The lowest BCUT2D eigenvalue weighted by atomic mass is 10.1. The van der Waals surface area contributed by atoms with E-state index in [0.29, 0.717) is 18.7 Å². The topological polar surface area (TPSA) is 28.2 Å². The van der Waals surface area contributed by atoms with Crippen LogP contribution in [0.2, 0.25) is 0 Å². The highest BCUT2D eigenvalue weighted by Gasteiger charge is 2.12. The SMILES string of the molecule is CCNCc1c(F)cccc1N(C)Cc1cccc(C)n1. The summed E-state index contributed by atoms with van der Waals surface area (Å²) in [5.74, 6) is -0.169. The summed E-state index contributed by atoms with van der Waals surface area (Å²) in [4.78, 5) is 6.54. The van der Waals surface area contributed by atoms with Gasteiger partial charge in [-0.25, -0.2) is 4.39 Å². The summed E-state index contributed by atoms with van der Waals surface area (Å²) in [6, 6.07) is 11.2. The number of rotatable bonds is 6. The van der Waals surface area contributed by atoms with Crippen molar-refractivity contribution in [2.24, 2.45) is 0 Å². The first kappa shape index (κ1) is 15.4. The van der Waals surface area contributed by atoms with Crippen LogP contribution in [0, 0.1) is 12.7 Å². The zero-order chi connectivity index (χ0) is 15.2. The second-order valence-electron chi connectivity index (χ2n) is 5.14. The van der Waals surface area contributed by atoms with Crippen LogP contribution in [0.25, 0.3) is 0 Å². The molecule has 0 bridgehead atoms. The molecule has 1 N–H and O–H groups in total. The van der Waals surface area contributed by atoms with E-state index >= 15 is 0 Å². The average molecular weight is 287 g/mol. The molecule has 0 aliphatic rings. The Morgan fingerprint density at radius 1 is 1.19 bits per heavy atom. The zero-order valence-corrected chi connectivity index (χ0v) is 12.9. The van der Waals surface area contributed by atoms with E-state index in [0.717, 1.165) is 23.6 Å². The maximum Gasteiger partial charge on any atom is 0.129 e. The van der Waals surface area contributed by atoms with Crippen LogP contribution < -0.4 is 10.2 Å². The van der Waals surface area contributed by atoms with Crippen molar-refractivity contribution in [1.29, 1.82) is 0 Å². The van der Waals surface area contributed by atoms with Gasteiger partial charge in [0, 0.05) is 30.5 Å². The highest BCUT2D eigenvalue weighted by Crippen LogP contribution is 2.23. The molecule has 0 unspecified atom stereocenters. The Morgan fingerprint density at radius 3 is 2.67 bits per heavy atom. The molecule has 0 atom stereocenters. The predicted molar refractivity (Wildman–Crippen MR) is 84.9 cm³/mol. The van der Waals surface area contributed by atoms with Gasteiger partial charge in [0.25, 0.3) is 0 Å². The molecule has 0 radical (unpaired) electrons. The molecule has 0 amide bonds. The second kappa shape index (κ2) is 7.18. The van der Waals surface area contributed by atoms with Gasteiger partial charge >= 0.3 is 0 Å². The van der Waals surface area contributed by atoms with Gasteiger partial charge in [0.2, 0.25) is 0 Å². The number of aromatic nitrogens is 1. The van der Waals surface area contributed by atoms with Crippen molar-refractivity contribution in [3.63, 3.8) is 0 Å². The molecule has 112 valence electrons. The fourth-order valence-electron chi connectivity index (χ4n) is 2.35. The number of benzene rings is 1. The van der Waals surface area contributed by atoms with E-state index in [2.05, 4.69) is 10.3 Å². The van der Waals surface area contributed by atoms with Crippen LogP contribution in [-0.2, 0) is 13.1 Å². The molecule has 0 spiro atoms. The number of hydrogen-bond donors (Lipinski definition) is 1. The van der Waals surface area contributed by atoms with Gasteiger partial charge in [-0.1, -0.05) is 19.1 Å².